The van der Waals surface area contributed by atoms with Gasteiger partial charge in [-0.25, -0.2) is 4.98 Å². The summed E-state index contributed by atoms with van der Waals surface area (Å²) in [4.78, 5) is 4.39. The highest BCUT2D eigenvalue weighted by atomic mass is 35.5. The van der Waals surface area contributed by atoms with Gasteiger partial charge >= 0.3 is 0 Å². The van der Waals surface area contributed by atoms with Crippen LogP contribution in [-0.2, 0) is 6.54 Å². The Morgan fingerprint density at radius 3 is 3.00 bits per heavy atom. The number of nitrogens with zero attached hydrogens (tertiary/aromatic N) is 2. The van der Waals surface area contributed by atoms with Crippen LogP contribution in [-0.4, -0.2) is 22.1 Å². The van der Waals surface area contributed by atoms with Crippen molar-refractivity contribution in [2.24, 2.45) is 0 Å². The van der Waals surface area contributed by atoms with Gasteiger partial charge in [-0.15, -0.1) is 24.8 Å². The summed E-state index contributed by atoms with van der Waals surface area (Å²) >= 11 is 0. The van der Waals surface area contributed by atoms with Gasteiger partial charge in [0.25, 0.3) is 0 Å². The minimum Gasteiger partial charge on any atom is -0.461 e. The van der Waals surface area contributed by atoms with Gasteiger partial charge in [-0.2, -0.15) is 0 Å². The molecule has 112 valence electrons. The Balaban J connectivity index is 0.000001000. The van der Waals surface area contributed by atoms with Crippen LogP contribution < -0.4 is 5.32 Å². The highest BCUT2D eigenvalue weighted by molar-refractivity contribution is 5.85. The lowest BCUT2D eigenvalue weighted by molar-refractivity contribution is 0.443. The lowest BCUT2D eigenvalue weighted by Gasteiger charge is -2.17. The third kappa shape index (κ3) is 4.01. The fourth-order valence-corrected chi connectivity index (χ4v) is 2.58. The molecule has 2 aromatic rings. The third-order valence-electron chi connectivity index (χ3n) is 3.54. The van der Waals surface area contributed by atoms with Gasteiger partial charge in [0.2, 0.25) is 0 Å². The van der Waals surface area contributed by atoms with Crippen molar-refractivity contribution in [3.63, 3.8) is 0 Å². The Hall–Kier alpha value is -0.970. The number of hydrogen-bond donors (Lipinski definition) is 1. The summed E-state index contributed by atoms with van der Waals surface area (Å²) in [5.41, 5.74) is 0. The summed E-state index contributed by atoms with van der Waals surface area (Å²) < 4.78 is 7.61. The van der Waals surface area contributed by atoms with Gasteiger partial charge < -0.3 is 14.3 Å². The summed E-state index contributed by atoms with van der Waals surface area (Å²) in [7, 11) is 0. The Labute approximate surface area is 131 Å². The molecule has 1 unspecified atom stereocenters. The van der Waals surface area contributed by atoms with Crippen molar-refractivity contribution in [3.05, 3.63) is 30.8 Å². The molecule has 2 aromatic heterocycles. The van der Waals surface area contributed by atoms with E-state index in [0.29, 0.717) is 6.04 Å². The quantitative estimate of drug-likeness (QED) is 0.941. The molecule has 1 aliphatic rings. The van der Waals surface area contributed by atoms with E-state index in [0.717, 1.165) is 24.7 Å². The van der Waals surface area contributed by atoms with Gasteiger partial charge in [0.05, 0.1) is 6.26 Å². The average Bonchev–Trinajstić information content (AvgIpc) is 2.97. The lowest BCUT2D eigenvalue weighted by atomic mass is 10.1. The van der Waals surface area contributed by atoms with Crippen LogP contribution in [0.3, 0.4) is 0 Å². The molecule has 1 fully saturated rings. The highest BCUT2D eigenvalue weighted by Crippen LogP contribution is 2.19. The Bertz CT molecular complexity index is 476. The minimum absolute atomic E-state index is 0. The van der Waals surface area contributed by atoms with Crippen LogP contribution in [0.5, 0.6) is 0 Å². The summed E-state index contributed by atoms with van der Waals surface area (Å²) in [6.07, 6.45) is 10.8. The molecule has 0 radical (unpaired) electrons. The summed E-state index contributed by atoms with van der Waals surface area (Å²) in [5, 5.41) is 3.61. The molecule has 0 bridgehead atoms. The Morgan fingerprint density at radius 2 is 2.20 bits per heavy atom. The monoisotopic (exact) mass is 317 g/mol. The zero-order valence-electron chi connectivity index (χ0n) is 11.3. The predicted molar refractivity (Wildman–Crippen MR) is 84.7 cm³/mol. The van der Waals surface area contributed by atoms with Crippen molar-refractivity contribution in [2.45, 2.75) is 38.3 Å². The predicted octanol–water partition coefficient (Wildman–Crippen LogP) is 3.52. The van der Waals surface area contributed by atoms with E-state index in [9.17, 15) is 0 Å². The van der Waals surface area contributed by atoms with Crippen LogP contribution in [0, 0.1) is 0 Å². The number of hydrogen-bond acceptors (Lipinski definition) is 3. The van der Waals surface area contributed by atoms with Crippen molar-refractivity contribution in [3.8, 4) is 11.6 Å². The molecule has 0 aliphatic carbocycles. The maximum Gasteiger partial charge on any atom is 0.176 e. The van der Waals surface area contributed by atoms with Crippen LogP contribution in [0.4, 0.5) is 0 Å². The number of aromatic nitrogens is 2. The van der Waals surface area contributed by atoms with Gasteiger partial charge in [0.15, 0.2) is 11.6 Å². The molecule has 0 spiro atoms. The van der Waals surface area contributed by atoms with E-state index in [1.807, 2.05) is 24.5 Å². The molecular formula is C14H21Cl2N3O. The molecule has 0 aromatic carbocycles. The Kier molecular flexibility index (Phi) is 7.13. The second-order valence-electron chi connectivity index (χ2n) is 4.88. The molecule has 3 rings (SSSR count). The number of rotatable bonds is 3. The van der Waals surface area contributed by atoms with Crippen molar-refractivity contribution in [1.82, 2.24) is 14.9 Å². The van der Waals surface area contributed by atoms with Crippen molar-refractivity contribution in [2.75, 3.05) is 6.54 Å². The molecule has 1 saturated heterocycles. The second kappa shape index (κ2) is 8.35. The fraction of sp³-hybridized carbons (Fsp3) is 0.500. The number of nitrogens with one attached hydrogen (secondary N) is 1. The van der Waals surface area contributed by atoms with Crippen LogP contribution >= 0.6 is 24.8 Å². The first kappa shape index (κ1) is 17.1. The summed E-state index contributed by atoms with van der Waals surface area (Å²) in [6, 6.07) is 4.41. The van der Waals surface area contributed by atoms with Gasteiger partial charge in [-0.05, 0) is 31.5 Å². The molecule has 3 heterocycles. The first-order valence-electron chi connectivity index (χ1n) is 6.72. The van der Waals surface area contributed by atoms with E-state index >= 15 is 0 Å². The molecule has 6 heteroatoms. The van der Waals surface area contributed by atoms with Crippen LogP contribution in [0.1, 0.15) is 25.7 Å². The zero-order valence-corrected chi connectivity index (χ0v) is 13.0. The first-order chi connectivity index (χ1) is 8.93. The van der Waals surface area contributed by atoms with Gasteiger partial charge in [0, 0.05) is 25.0 Å². The molecular weight excluding hydrogens is 297 g/mol. The summed E-state index contributed by atoms with van der Waals surface area (Å²) in [6.45, 7) is 2.10. The third-order valence-corrected chi connectivity index (χ3v) is 3.54. The van der Waals surface area contributed by atoms with E-state index in [1.54, 1.807) is 6.26 Å². The normalized spacial score (nSPS) is 18.7. The van der Waals surface area contributed by atoms with E-state index in [1.165, 1.54) is 25.7 Å². The summed E-state index contributed by atoms with van der Waals surface area (Å²) in [5.74, 6) is 1.76. The van der Waals surface area contributed by atoms with Crippen LogP contribution in [0.25, 0.3) is 11.6 Å². The molecule has 1 aliphatic heterocycles. The SMILES string of the molecule is Cl.Cl.c1coc(-c2nccn2CC2CCCCCN2)c1. The molecule has 20 heavy (non-hydrogen) atoms. The molecule has 0 saturated carbocycles. The van der Waals surface area contributed by atoms with Gasteiger partial charge in [-0.3, -0.25) is 0 Å². The zero-order chi connectivity index (χ0) is 12.2. The standard InChI is InChI=1S/C14H19N3O.2ClH/c1-2-5-12(15-7-3-1)11-17-9-8-16-14(17)13-6-4-10-18-13;;/h4,6,8-10,12,15H,1-3,5,7,11H2;2*1H. The number of furan rings is 1. The van der Waals surface area contributed by atoms with Crippen molar-refractivity contribution in [1.29, 1.82) is 0 Å². The fourth-order valence-electron chi connectivity index (χ4n) is 2.58. The molecule has 1 N–H and O–H groups in total. The van der Waals surface area contributed by atoms with Crippen LogP contribution in [0.15, 0.2) is 35.2 Å². The minimum atomic E-state index is 0. The van der Waals surface area contributed by atoms with E-state index in [4.69, 9.17) is 4.42 Å². The average molecular weight is 318 g/mol. The smallest absolute Gasteiger partial charge is 0.176 e. The van der Waals surface area contributed by atoms with Crippen LogP contribution in [0.2, 0.25) is 0 Å². The second-order valence-corrected chi connectivity index (χ2v) is 4.88. The van der Waals surface area contributed by atoms with Crippen molar-refractivity contribution >= 4 is 24.8 Å². The Morgan fingerprint density at radius 1 is 1.30 bits per heavy atom. The maximum absolute atomic E-state index is 5.43. The highest BCUT2D eigenvalue weighted by Gasteiger charge is 2.15. The van der Waals surface area contributed by atoms with E-state index < -0.39 is 0 Å². The topological polar surface area (TPSA) is 43.0 Å². The lowest BCUT2D eigenvalue weighted by Crippen LogP contribution is -2.32. The van der Waals surface area contributed by atoms with E-state index in [-0.39, 0.29) is 24.8 Å². The molecule has 1 atom stereocenters. The molecule has 0 amide bonds. The van der Waals surface area contributed by atoms with E-state index in [2.05, 4.69) is 14.9 Å². The number of halogens is 2. The van der Waals surface area contributed by atoms with Gasteiger partial charge in [0.1, 0.15) is 0 Å². The molecule has 4 nitrogen and oxygen atoms in total. The maximum atomic E-state index is 5.43. The van der Waals surface area contributed by atoms with Crippen molar-refractivity contribution < 1.29 is 4.42 Å². The first-order valence-corrected chi connectivity index (χ1v) is 6.72. The largest absolute Gasteiger partial charge is 0.461 e. The van der Waals surface area contributed by atoms with Gasteiger partial charge in [-0.1, -0.05) is 12.8 Å². The number of imidazole rings is 1.